The quantitative estimate of drug-likeness (QED) is 0.289. The summed E-state index contributed by atoms with van der Waals surface area (Å²) in [6.07, 6.45) is 1.23. The van der Waals surface area contributed by atoms with E-state index >= 15 is 0 Å². The summed E-state index contributed by atoms with van der Waals surface area (Å²) in [5, 5.41) is 17.1. The van der Waals surface area contributed by atoms with E-state index in [1.807, 2.05) is 0 Å². The van der Waals surface area contributed by atoms with Crippen LogP contribution in [0, 0.1) is 12.3 Å². The number of hydrogen-bond acceptors (Lipinski definition) is 5. The lowest BCUT2D eigenvalue weighted by Crippen LogP contribution is -2.14. The lowest BCUT2D eigenvalue weighted by molar-refractivity contribution is 0.167. The molecule has 17 heavy (non-hydrogen) atoms. The van der Waals surface area contributed by atoms with E-state index in [0.717, 1.165) is 13.2 Å². The molecule has 2 rings (SSSR count). The van der Waals surface area contributed by atoms with Crippen LogP contribution in [-0.2, 0) is 4.74 Å². The van der Waals surface area contributed by atoms with Gasteiger partial charge >= 0.3 is 0 Å². The van der Waals surface area contributed by atoms with Gasteiger partial charge in [-0.05, 0) is 18.8 Å². The Balaban J connectivity index is 0.000000181. The zero-order valence-electron chi connectivity index (χ0n) is 10.4. The molecule has 0 atom stereocenters. The summed E-state index contributed by atoms with van der Waals surface area (Å²) >= 11 is 0. The van der Waals surface area contributed by atoms with Crippen molar-refractivity contribution in [3.63, 3.8) is 0 Å². The Hall–Kier alpha value is -1.63. The van der Waals surface area contributed by atoms with Gasteiger partial charge in [0.2, 0.25) is 11.7 Å². The number of aryl methyl sites for hydroxylation is 1. The van der Waals surface area contributed by atoms with Crippen molar-refractivity contribution in [2.45, 2.75) is 27.2 Å². The fraction of sp³-hybridized carbons (Fsp3) is 0.700. The van der Waals surface area contributed by atoms with Crippen molar-refractivity contribution in [2.24, 2.45) is 16.3 Å². The molecule has 0 unspecified atom stereocenters. The molecule has 1 aromatic rings. The fourth-order valence-electron chi connectivity index (χ4n) is 1.27. The molecule has 7 heteroatoms. The number of nitrogens with two attached hydrogens (primary N) is 1. The van der Waals surface area contributed by atoms with Gasteiger partial charge in [0.25, 0.3) is 0 Å². The first-order valence-electron chi connectivity index (χ1n) is 5.39. The maximum atomic E-state index is 8.17. The first-order valence-corrected chi connectivity index (χ1v) is 5.39. The maximum Gasteiger partial charge on any atom is 0.219 e. The van der Waals surface area contributed by atoms with Crippen LogP contribution in [0.25, 0.3) is 0 Å². The van der Waals surface area contributed by atoms with Gasteiger partial charge in [-0.1, -0.05) is 19.0 Å². The third kappa shape index (κ3) is 4.39. The second kappa shape index (κ2) is 5.62. The summed E-state index contributed by atoms with van der Waals surface area (Å²) in [7, 11) is 0. The molecule has 0 spiro atoms. The minimum Gasteiger partial charge on any atom is -0.409 e. The highest BCUT2D eigenvalue weighted by Gasteiger charge is 2.22. The van der Waals surface area contributed by atoms with Crippen molar-refractivity contribution < 1.29 is 9.94 Å². The Labute approximate surface area is 100 Å². The summed E-state index contributed by atoms with van der Waals surface area (Å²) < 4.78 is 5.16. The molecule has 0 bridgehead atoms. The first-order chi connectivity index (χ1) is 7.94. The monoisotopic (exact) mass is 241 g/mol. The summed E-state index contributed by atoms with van der Waals surface area (Å²) in [4.78, 5) is 3.80. The highest BCUT2D eigenvalue weighted by Crippen LogP contribution is 2.25. The van der Waals surface area contributed by atoms with Crippen LogP contribution >= 0.6 is 0 Å². The van der Waals surface area contributed by atoms with E-state index in [2.05, 4.69) is 34.2 Å². The van der Waals surface area contributed by atoms with Crippen molar-refractivity contribution in [3.05, 3.63) is 11.6 Å². The fourth-order valence-corrected chi connectivity index (χ4v) is 1.27. The average Bonchev–Trinajstić information content (AvgIpc) is 2.87. The molecule has 0 saturated carbocycles. The molecule has 7 nitrogen and oxygen atoms in total. The van der Waals surface area contributed by atoms with Crippen LogP contribution in [0.15, 0.2) is 5.16 Å². The number of H-pyrrole nitrogens is 1. The molecule has 0 amide bonds. The summed E-state index contributed by atoms with van der Waals surface area (Å²) in [5.41, 5.74) is 5.63. The van der Waals surface area contributed by atoms with Crippen molar-refractivity contribution in [2.75, 3.05) is 13.2 Å². The van der Waals surface area contributed by atoms with Gasteiger partial charge in [0.1, 0.15) is 5.82 Å². The summed E-state index contributed by atoms with van der Waals surface area (Å²) in [5.74, 6) is 0.742. The molecule has 1 aliphatic rings. The second-order valence-corrected chi connectivity index (χ2v) is 4.70. The van der Waals surface area contributed by atoms with Gasteiger partial charge in [0, 0.05) is 6.61 Å². The van der Waals surface area contributed by atoms with Crippen LogP contribution in [0.4, 0.5) is 0 Å². The van der Waals surface area contributed by atoms with E-state index < -0.39 is 0 Å². The molecule has 1 aliphatic heterocycles. The Morgan fingerprint density at radius 1 is 1.59 bits per heavy atom. The number of nitrogens with zero attached hydrogens (tertiary/aromatic N) is 3. The van der Waals surface area contributed by atoms with Crippen LogP contribution < -0.4 is 5.73 Å². The van der Waals surface area contributed by atoms with Crippen LogP contribution in [0.5, 0.6) is 0 Å². The van der Waals surface area contributed by atoms with Gasteiger partial charge in [0.15, 0.2) is 0 Å². The number of hydrogen-bond donors (Lipinski definition) is 3. The van der Waals surface area contributed by atoms with Gasteiger partial charge in [-0.3, -0.25) is 5.10 Å². The van der Waals surface area contributed by atoms with Crippen LogP contribution in [0.2, 0.25) is 0 Å². The molecule has 1 aromatic heterocycles. The van der Waals surface area contributed by atoms with E-state index in [9.17, 15) is 0 Å². The highest BCUT2D eigenvalue weighted by atomic mass is 16.5. The number of aromatic nitrogens is 3. The van der Waals surface area contributed by atoms with Gasteiger partial charge < -0.3 is 15.7 Å². The molecule has 4 N–H and O–H groups in total. The Morgan fingerprint density at radius 3 is 2.59 bits per heavy atom. The van der Waals surface area contributed by atoms with Crippen LogP contribution in [0.3, 0.4) is 0 Å². The Morgan fingerprint density at radius 2 is 2.29 bits per heavy atom. The van der Waals surface area contributed by atoms with Crippen molar-refractivity contribution in [1.29, 1.82) is 0 Å². The average molecular weight is 241 g/mol. The minimum atomic E-state index is -0.0932. The standard InChI is InChI=1S/C6H12O.C4H7N5O/c1-6(2)3-4-7-5-6;1-2-6-4(8-7-2)3(5)9-10/h3-5H2,1-2H3;10H,1H3,(H2,5,9)(H,6,7,8). The van der Waals surface area contributed by atoms with E-state index in [4.69, 9.17) is 15.7 Å². The molecule has 0 aromatic carbocycles. The molecular weight excluding hydrogens is 222 g/mol. The van der Waals surface area contributed by atoms with Crippen molar-refractivity contribution in [1.82, 2.24) is 15.2 Å². The van der Waals surface area contributed by atoms with E-state index in [1.54, 1.807) is 6.92 Å². The lowest BCUT2D eigenvalue weighted by Gasteiger charge is -2.11. The number of ether oxygens (including phenoxy) is 1. The lowest BCUT2D eigenvalue weighted by atomic mass is 9.94. The largest absolute Gasteiger partial charge is 0.409 e. The number of nitrogens with one attached hydrogen (secondary N) is 1. The van der Waals surface area contributed by atoms with E-state index in [-0.39, 0.29) is 11.7 Å². The topological polar surface area (TPSA) is 109 Å². The molecule has 1 fully saturated rings. The third-order valence-corrected chi connectivity index (χ3v) is 2.35. The predicted molar refractivity (Wildman–Crippen MR) is 62.8 cm³/mol. The van der Waals surface area contributed by atoms with Gasteiger partial charge in [-0.15, -0.1) is 5.10 Å². The smallest absolute Gasteiger partial charge is 0.219 e. The van der Waals surface area contributed by atoms with Crippen molar-refractivity contribution in [3.8, 4) is 0 Å². The molecule has 1 saturated heterocycles. The third-order valence-electron chi connectivity index (χ3n) is 2.35. The Bertz CT molecular complexity index is 378. The SMILES string of the molecule is CC1(C)CCOC1.Cc1nc(/C(N)=N/O)n[nH]1. The van der Waals surface area contributed by atoms with E-state index in [0.29, 0.717) is 11.2 Å². The van der Waals surface area contributed by atoms with Crippen LogP contribution in [0.1, 0.15) is 31.9 Å². The second-order valence-electron chi connectivity index (χ2n) is 4.70. The molecule has 0 radical (unpaired) electrons. The van der Waals surface area contributed by atoms with Gasteiger partial charge in [-0.25, -0.2) is 4.98 Å². The van der Waals surface area contributed by atoms with E-state index in [1.165, 1.54) is 6.42 Å². The summed E-state index contributed by atoms with van der Waals surface area (Å²) in [6, 6.07) is 0. The zero-order chi connectivity index (χ0) is 12.9. The summed E-state index contributed by atoms with van der Waals surface area (Å²) in [6.45, 7) is 8.11. The molecule has 2 heterocycles. The normalized spacial score (nSPS) is 18.6. The Kier molecular flexibility index (Phi) is 4.45. The molecule has 0 aliphatic carbocycles. The number of amidine groups is 1. The number of rotatable bonds is 1. The first kappa shape index (κ1) is 13.4. The van der Waals surface area contributed by atoms with Gasteiger partial charge in [-0.2, -0.15) is 0 Å². The highest BCUT2D eigenvalue weighted by molar-refractivity contribution is 5.93. The molecular formula is C10H19N5O2. The molecule has 96 valence electrons. The zero-order valence-corrected chi connectivity index (χ0v) is 10.4. The van der Waals surface area contributed by atoms with Crippen LogP contribution in [-0.4, -0.2) is 39.4 Å². The number of aromatic amines is 1. The maximum absolute atomic E-state index is 8.17. The minimum absolute atomic E-state index is 0.0932. The number of oxime groups is 1. The van der Waals surface area contributed by atoms with Gasteiger partial charge in [0.05, 0.1) is 6.61 Å². The van der Waals surface area contributed by atoms with Crippen molar-refractivity contribution >= 4 is 5.84 Å². The predicted octanol–water partition coefficient (Wildman–Crippen LogP) is 0.641.